The zero-order valence-electron chi connectivity index (χ0n) is 16.7. The fourth-order valence-electron chi connectivity index (χ4n) is 3.45. The van der Waals surface area contributed by atoms with Crippen molar-refractivity contribution in [3.8, 4) is 22.9 Å². The Labute approximate surface area is 171 Å². The van der Waals surface area contributed by atoms with Gasteiger partial charge in [0.15, 0.2) is 0 Å². The van der Waals surface area contributed by atoms with Gasteiger partial charge in [-0.2, -0.15) is 0 Å². The predicted octanol–water partition coefficient (Wildman–Crippen LogP) is 4.39. The van der Waals surface area contributed by atoms with Crippen LogP contribution >= 0.6 is 0 Å². The molecule has 6 heteroatoms. The van der Waals surface area contributed by atoms with E-state index < -0.39 is 5.41 Å². The van der Waals surface area contributed by atoms with Crippen LogP contribution in [0.25, 0.3) is 11.3 Å². The summed E-state index contributed by atoms with van der Waals surface area (Å²) >= 11 is 0. The number of ether oxygens (including phenoxy) is 2. The fourth-order valence-corrected chi connectivity index (χ4v) is 3.45. The van der Waals surface area contributed by atoms with Gasteiger partial charge in [-0.15, -0.1) is 0 Å². The zero-order valence-corrected chi connectivity index (χ0v) is 16.7. The number of aromatic nitrogens is 2. The molecule has 0 radical (unpaired) electrons. The summed E-state index contributed by atoms with van der Waals surface area (Å²) in [6, 6.07) is 15.2. The number of hydrogen-bond donors (Lipinski definition) is 1. The molecule has 2 heterocycles. The largest absolute Gasteiger partial charge is 0.497 e. The zero-order chi connectivity index (χ0) is 20.4. The van der Waals surface area contributed by atoms with Gasteiger partial charge in [0.05, 0.1) is 25.3 Å². The summed E-state index contributed by atoms with van der Waals surface area (Å²) in [6.07, 6.45) is 3.37. The average Bonchev–Trinajstić information content (AvgIpc) is 3.57. The van der Waals surface area contributed by atoms with Gasteiger partial charge in [-0.3, -0.25) is 4.79 Å². The maximum atomic E-state index is 13.1. The lowest BCUT2D eigenvalue weighted by molar-refractivity contribution is -0.118. The molecule has 1 N–H and O–H groups in total. The third kappa shape index (κ3) is 3.66. The van der Waals surface area contributed by atoms with Gasteiger partial charge in [0.2, 0.25) is 11.8 Å². The number of anilines is 1. The number of hydrogen-bond acceptors (Lipinski definition) is 5. The van der Waals surface area contributed by atoms with Crippen LogP contribution in [0.2, 0.25) is 0 Å². The molecule has 2 aromatic heterocycles. The molecular formula is C23H25N3O3. The minimum Gasteiger partial charge on any atom is -0.497 e. The molecule has 0 unspecified atom stereocenters. The van der Waals surface area contributed by atoms with E-state index in [1.807, 2.05) is 49.4 Å². The van der Waals surface area contributed by atoms with Crippen molar-refractivity contribution in [3.63, 3.8) is 0 Å². The van der Waals surface area contributed by atoms with Gasteiger partial charge < -0.3 is 14.8 Å². The summed E-state index contributed by atoms with van der Waals surface area (Å²) in [6.45, 7) is 1.98. The van der Waals surface area contributed by atoms with Crippen molar-refractivity contribution in [1.82, 2.24) is 9.97 Å². The molecule has 150 valence electrons. The summed E-state index contributed by atoms with van der Waals surface area (Å²) in [7, 11) is 3.21. The highest BCUT2D eigenvalue weighted by Crippen LogP contribution is 2.49. The van der Waals surface area contributed by atoms with E-state index in [4.69, 9.17) is 9.47 Å². The first-order valence-corrected chi connectivity index (χ1v) is 9.50. The lowest BCUT2D eigenvalue weighted by Crippen LogP contribution is -2.28. The van der Waals surface area contributed by atoms with E-state index in [1.165, 1.54) is 0 Å². The topological polar surface area (TPSA) is 73.3 Å². The van der Waals surface area contributed by atoms with Crippen LogP contribution in [0.15, 0.2) is 54.7 Å². The Balaban J connectivity index is 0.00000256. The van der Waals surface area contributed by atoms with Crippen LogP contribution in [0, 0.1) is 6.92 Å². The number of benzene rings is 1. The van der Waals surface area contributed by atoms with Crippen LogP contribution in [0.1, 0.15) is 25.4 Å². The van der Waals surface area contributed by atoms with Crippen molar-refractivity contribution >= 4 is 11.7 Å². The van der Waals surface area contributed by atoms with Gasteiger partial charge in [-0.1, -0.05) is 18.2 Å². The molecule has 1 aromatic carbocycles. The van der Waals surface area contributed by atoms with E-state index in [1.54, 1.807) is 26.5 Å². The molecule has 0 spiro atoms. The van der Waals surface area contributed by atoms with Crippen molar-refractivity contribution in [1.29, 1.82) is 0 Å². The van der Waals surface area contributed by atoms with Crippen molar-refractivity contribution in [2.45, 2.75) is 25.2 Å². The van der Waals surface area contributed by atoms with Gasteiger partial charge in [-0.05, 0) is 55.2 Å². The smallest absolute Gasteiger partial charge is 0.236 e. The number of carbonyl (C=O) groups excluding carboxylic acids is 1. The van der Waals surface area contributed by atoms with Crippen molar-refractivity contribution in [3.05, 3.63) is 65.9 Å². The summed E-state index contributed by atoms with van der Waals surface area (Å²) in [5.41, 5.74) is 3.18. The second kappa shape index (κ2) is 7.54. The summed E-state index contributed by atoms with van der Waals surface area (Å²) in [5, 5.41) is 3.01. The SMILES string of the molecule is COc1ccc(C2(C(=O)Nc3ccc(C)c(-c4ccc(OC)nc4)n3)CC2)cc1.[HH]. The lowest BCUT2D eigenvalue weighted by Gasteiger charge is -2.16. The molecule has 6 nitrogen and oxygen atoms in total. The Bertz CT molecular complexity index is 1030. The molecule has 29 heavy (non-hydrogen) atoms. The quantitative estimate of drug-likeness (QED) is 0.675. The lowest BCUT2D eigenvalue weighted by atomic mass is 9.95. The number of aryl methyl sites for hydroxylation is 1. The highest BCUT2D eigenvalue weighted by molar-refractivity contribution is 6.01. The van der Waals surface area contributed by atoms with Crippen molar-refractivity contribution in [2.75, 3.05) is 19.5 Å². The number of pyridine rings is 2. The Morgan fingerprint density at radius 3 is 2.38 bits per heavy atom. The molecule has 0 bridgehead atoms. The van der Waals surface area contributed by atoms with E-state index in [-0.39, 0.29) is 7.33 Å². The van der Waals surface area contributed by atoms with Crippen LogP contribution in [0.5, 0.6) is 11.6 Å². The third-order valence-electron chi connectivity index (χ3n) is 5.38. The first kappa shape index (κ1) is 18.9. The van der Waals surface area contributed by atoms with Gasteiger partial charge in [0.25, 0.3) is 0 Å². The van der Waals surface area contributed by atoms with E-state index in [0.29, 0.717) is 11.7 Å². The van der Waals surface area contributed by atoms with Crippen LogP contribution in [-0.2, 0) is 10.2 Å². The Kier molecular flexibility index (Phi) is 4.92. The Morgan fingerprint density at radius 2 is 1.79 bits per heavy atom. The van der Waals surface area contributed by atoms with Gasteiger partial charge in [-0.25, -0.2) is 9.97 Å². The minimum atomic E-state index is -0.485. The van der Waals surface area contributed by atoms with E-state index in [9.17, 15) is 4.79 Å². The molecule has 1 amide bonds. The standard InChI is InChI=1S/C23H23N3O3.H2/c1-15-4-10-19(25-21(15)16-5-11-20(29-3)24-14-16)26-22(27)23(12-13-23)17-6-8-18(28-2)9-7-17;/h4-11,14H,12-13H2,1-3H3,(H,25,26,27);1H. The molecule has 3 aromatic rings. The second-order valence-electron chi connectivity index (χ2n) is 7.22. The molecule has 0 atom stereocenters. The molecule has 1 fully saturated rings. The second-order valence-corrected chi connectivity index (χ2v) is 7.22. The number of carbonyl (C=O) groups is 1. The number of nitrogens with one attached hydrogen (secondary N) is 1. The number of rotatable bonds is 6. The minimum absolute atomic E-state index is 0. The molecule has 1 aliphatic rings. The van der Waals surface area contributed by atoms with Crippen LogP contribution in [-0.4, -0.2) is 30.1 Å². The van der Waals surface area contributed by atoms with Crippen LogP contribution in [0.4, 0.5) is 5.82 Å². The number of amides is 1. The first-order chi connectivity index (χ1) is 14.1. The molecule has 4 rings (SSSR count). The van der Waals surface area contributed by atoms with Crippen molar-refractivity contribution < 1.29 is 15.7 Å². The summed E-state index contributed by atoms with van der Waals surface area (Å²) < 4.78 is 10.3. The Hall–Kier alpha value is -3.41. The fraction of sp³-hybridized carbons (Fsp3) is 0.261. The Morgan fingerprint density at radius 1 is 1.03 bits per heavy atom. The molecule has 1 saturated carbocycles. The molecule has 0 saturated heterocycles. The normalized spacial score (nSPS) is 14.2. The monoisotopic (exact) mass is 391 g/mol. The predicted molar refractivity (Wildman–Crippen MR) is 113 cm³/mol. The van der Waals surface area contributed by atoms with Gasteiger partial charge in [0, 0.05) is 19.3 Å². The maximum absolute atomic E-state index is 13.1. The van der Waals surface area contributed by atoms with E-state index >= 15 is 0 Å². The first-order valence-electron chi connectivity index (χ1n) is 9.50. The number of nitrogens with zero attached hydrogens (tertiary/aromatic N) is 2. The van der Waals surface area contributed by atoms with Crippen molar-refractivity contribution in [2.24, 2.45) is 0 Å². The number of methoxy groups -OCH3 is 2. The van der Waals surface area contributed by atoms with E-state index in [2.05, 4.69) is 15.3 Å². The third-order valence-corrected chi connectivity index (χ3v) is 5.38. The summed E-state index contributed by atoms with van der Waals surface area (Å²) in [4.78, 5) is 22.0. The van der Waals surface area contributed by atoms with Gasteiger partial charge in [0.1, 0.15) is 11.6 Å². The van der Waals surface area contributed by atoms with E-state index in [0.717, 1.165) is 41.0 Å². The molecular weight excluding hydrogens is 366 g/mol. The maximum Gasteiger partial charge on any atom is 0.236 e. The highest BCUT2D eigenvalue weighted by atomic mass is 16.5. The van der Waals surface area contributed by atoms with Crippen LogP contribution in [0.3, 0.4) is 0 Å². The summed E-state index contributed by atoms with van der Waals surface area (Å²) in [5.74, 6) is 1.83. The molecule has 1 aliphatic carbocycles. The van der Waals surface area contributed by atoms with Gasteiger partial charge >= 0.3 is 0 Å². The average molecular weight is 391 g/mol. The molecule has 0 aliphatic heterocycles. The van der Waals surface area contributed by atoms with Crippen LogP contribution < -0.4 is 14.8 Å². The highest BCUT2D eigenvalue weighted by Gasteiger charge is 2.51.